The molecule has 0 amide bonds. The highest BCUT2D eigenvalue weighted by Crippen LogP contribution is 2.19. The largest absolute Gasteiger partial charge is 0.384 e. The lowest BCUT2D eigenvalue weighted by Gasteiger charge is -2.20. The Balaban J connectivity index is 2.21. The van der Waals surface area contributed by atoms with Crippen molar-refractivity contribution in [1.29, 1.82) is 0 Å². The van der Waals surface area contributed by atoms with E-state index in [-0.39, 0.29) is 0 Å². The molecule has 0 spiro atoms. The van der Waals surface area contributed by atoms with Crippen LogP contribution in [0.1, 0.15) is 17.1 Å². The van der Waals surface area contributed by atoms with Gasteiger partial charge in [0.1, 0.15) is 11.6 Å². The van der Waals surface area contributed by atoms with Gasteiger partial charge in [-0.05, 0) is 25.5 Å². The van der Waals surface area contributed by atoms with E-state index in [9.17, 15) is 0 Å². The van der Waals surface area contributed by atoms with E-state index in [0.29, 0.717) is 12.4 Å². The van der Waals surface area contributed by atoms with Crippen LogP contribution in [0.25, 0.3) is 0 Å². The molecule has 4 heteroatoms. The molecule has 0 bridgehead atoms. The molecule has 0 aliphatic heterocycles. The predicted octanol–water partition coefficient (Wildman–Crippen LogP) is 2.31. The normalized spacial score (nSPS) is 10.4. The molecule has 0 unspecified atom stereocenters. The van der Waals surface area contributed by atoms with E-state index in [1.165, 1.54) is 11.3 Å². The fourth-order valence-corrected chi connectivity index (χ4v) is 2.02. The Hall–Kier alpha value is -2.10. The smallest absolute Gasteiger partial charge is 0.150 e. The van der Waals surface area contributed by atoms with Crippen LogP contribution in [0.4, 0.5) is 11.5 Å². The van der Waals surface area contributed by atoms with E-state index in [4.69, 9.17) is 5.73 Å². The van der Waals surface area contributed by atoms with E-state index < -0.39 is 0 Å². The average molecular weight is 242 g/mol. The maximum Gasteiger partial charge on any atom is 0.150 e. The number of hydrogen-bond donors (Lipinski definition) is 1. The summed E-state index contributed by atoms with van der Waals surface area (Å²) in [5.41, 5.74) is 9.05. The fraction of sp³-hybridized carbons (Fsp3) is 0.286. The van der Waals surface area contributed by atoms with Gasteiger partial charge in [-0.2, -0.15) is 0 Å². The van der Waals surface area contributed by atoms with Gasteiger partial charge in [-0.15, -0.1) is 0 Å². The molecule has 94 valence electrons. The Kier molecular flexibility index (Phi) is 3.46. The molecule has 1 heterocycles. The highest BCUT2D eigenvalue weighted by molar-refractivity contribution is 5.52. The highest BCUT2D eigenvalue weighted by atomic mass is 15.1. The molecular formula is C14H18N4. The van der Waals surface area contributed by atoms with E-state index in [1.807, 2.05) is 26.1 Å². The van der Waals surface area contributed by atoms with Crippen LogP contribution in [0.15, 0.2) is 30.3 Å². The van der Waals surface area contributed by atoms with Crippen molar-refractivity contribution in [1.82, 2.24) is 9.97 Å². The molecule has 0 aliphatic rings. The van der Waals surface area contributed by atoms with Crippen molar-refractivity contribution in [2.45, 2.75) is 20.4 Å². The van der Waals surface area contributed by atoms with Crippen LogP contribution >= 0.6 is 0 Å². The Bertz CT molecular complexity index is 531. The van der Waals surface area contributed by atoms with Crippen molar-refractivity contribution in [3.8, 4) is 0 Å². The van der Waals surface area contributed by atoms with Gasteiger partial charge >= 0.3 is 0 Å². The van der Waals surface area contributed by atoms with Gasteiger partial charge in [0.05, 0.1) is 6.54 Å². The summed E-state index contributed by atoms with van der Waals surface area (Å²) in [6.45, 7) is 4.67. The molecule has 0 saturated heterocycles. The number of para-hydroxylation sites is 1. The number of rotatable bonds is 3. The van der Waals surface area contributed by atoms with Gasteiger partial charge in [0.25, 0.3) is 0 Å². The number of nitrogen functional groups attached to an aromatic ring is 1. The Morgan fingerprint density at radius 2 is 1.89 bits per heavy atom. The lowest BCUT2D eigenvalue weighted by molar-refractivity contribution is 0.829. The fourth-order valence-electron chi connectivity index (χ4n) is 2.02. The Labute approximate surface area is 107 Å². The molecule has 0 saturated carbocycles. The van der Waals surface area contributed by atoms with Crippen molar-refractivity contribution >= 4 is 11.5 Å². The first-order valence-corrected chi connectivity index (χ1v) is 5.93. The first kappa shape index (κ1) is 12.4. The zero-order valence-electron chi connectivity index (χ0n) is 11.0. The summed E-state index contributed by atoms with van der Waals surface area (Å²) in [4.78, 5) is 10.8. The first-order valence-electron chi connectivity index (χ1n) is 5.93. The minimum absolute atomic E-state index is 0.524. The molecule has 18 heavy (non-hydrogen) atoms. The van der Waals surface area contributed by atoms with Gasteiger partial charge in [0.15, 0.2) is 0 Å². The number of nitrogens with two attached hydrogens (primary N) is 1. The topological polar surface area (TPSA) is 55.0 Å². The maximum atomic E-state index is 5.73. The summed E-state index contributed by atoms with van der Waals surface area (Å²) >= 11 is 0. The molecule has 4 nitrogen and oxygen atoms in total. The predicted molar refractivity (Wildman–Crippen MR) is 74.5 cm³/mol. The number of nitrogens with zero attached hydrogens (tertiary/aromatic N) is 3. The summed E-state index contributed by atoms with van der Waals surface area (Å²) < 4.78 is 0. The molecule has 0 aliphatic carbocycles. The number of hydrogen-bond acceptors (Lipinski definition) is 4. The number of benzene rings is 1. The highest BCUT2D eigenvalue weighted by Gasteiger charge is 2.07. The molecule has 1 aromatic carbocycles. The van der Waals surface area contributed by atoms with Crippen molar-refractivity contribution < 1.29 is 0 Å². The second-order valence-electron chi connectivity index (χ2n) is 4.49. The van der Waals surface area contributed by atoms with Gasteiger partial charge in [-0.25, -0.2) is 9.97 Å². The van der Waals surface area contributed by atoms with Crippen LogP contribution in [-0.2, 0) is 6.54 Å². The van der Waals surface area contributed by atoms with E-state index in [0.717, 1.165) is 11.5 Å². The standard InChI is InChI=1S/C14H18N4/c1-10-6-4-5-7-12(10)18(3)9-14-16-11(2)8-13(15)17-14/h4-8H,9H2,1-3H3,(H2,15,16,17). The van der Waals surface area contributed by atoms with Gasteiger partial charge in [0.2, 0.25) is 0 Å². The molecule has 2 N–H and O–H groups in total. The molecule has 0 atom stereocenters. The number of aromatic nitrogens is 2. The van der Waals surface area contributed by atoms with Gasteiger partial charge in [-0.3, -0.25) is 0 Å². The zero-order valence-corrected chi connectivity index (χ0v) is 11.0. The number of aryl methyl sites for hydroxylation is 2. The Morgan fingerprint density at radius 3 is 2.56 bits per heavy atom. The van der Waals surface area contributed by atoms with Crippen LogP contribution in [0.5, 0.6) is 0 Å². The second-order valence-corrected chi connectivity index (χ2v) is 4.49. The van der Waals surface area contributed by atoms with Gasteiger partial charge in [-0.1, -0.05) is 18.2 Å². The minimum Gasteiger partial charge on any atom is -0.384 e. The summed E-state index contributed by atoms with van der Waals surface area (Å²) in [5, 5.41) is 0. The van der Waals surface area contributed by atoms with Gasteiger partial charge < -0.3 is 10.6 Å². The van der Waals surface area contributed by atoms with Crippen LogP contribution in [0.3, 0.4) is 0 Å². The quantitative estimate of drug-likeness (QED) is 0.897. The third-order valence-corrected chi connectivity index (χ3v) is 2.83. The van der Waals surface area contributed by atoms with Crippen molar-refractivity contribution in [2.24, 2.45) is 0 Å². The van der Waals surface area contributed by atoms with Crippen LogP contribution < -0.4 is 10.6 Å². The SMILES string of the molecule is Cc1cc(N)nc(CN(C)c2ccccc2C)n1. The number of anilines is 2. The Morgan fingerprint density at radius 1 is 1.17 bits per heavy atom. The third-order valence-electron chi connectivity index (χ3n) is 2.83. The summed E-state index contributed by atoms with van der Waals surface area (Å²) in [7, 11) is 2.03. The third kappa shape index (κ3) is 2.77. The maximum absolute atomic E-state index is 5.73. The summed E-state index contributed by atoms with van der Waals surface area (Å²) in [6, 6.07) is 10.0. The molecule has 2 rings (SSSR count). The van der Waals surface area contributed by atoms with Crippen molar-refractivity contribution in [3.63, 3.8) is 0 Å². The van der Waals surface area contributed by atoms with Crippen LogP contribution in [0.2, 0.25) is 0 Å². The van der Waals surface area contributed by atoms with E-state index >= 15 is 0 Å². The molecule has 0 fully saturated rings. The lowest BCUT2D eigenvalue weighted by Crippen LogP contribution is -2.19. The first-order chi connectivity index (χ1) is 8.56. The molecule has 2 aromatic rings. The monoisotopic (exact) mass is 242 g/mol. The summed E-state index contributed by atoms with van der Waals surface area (Å²) in [6.07, 6.45) is 0. The molecule has 1 aromatic heterocycles. The lowest BCUT2D eigenvalue weighted by atomic mass is 10.2. The second kappa shape index (κ2) is 5.04. The van der Waals surface area contributed by atoms with E-state index in [2.05, 4.69) is 33.9 Å². The molecule has 0 radical (unpaired) electrons. The van der Waals surface area contributed by atoms with Crippen LogP contribution in [0, 0.1) is 13.8 Å². The minimum atomic E-state index is 0.524. The van der Waals surface area contributed by atoms with Gasteiger partial charge in [0, 0.05) is 24.5 Å². The van der Waals surface area contributed by atoms with Crippen LogP contribution in [-0.4, -0.2) is 17.0 Å². The van der Waals surface area contributed by atoms with Crippen molar-refractivity contribution in [3.05, 3.63) is 47.4 Å². The summed E-state index contributed by atoms with van der Waals surface area (Å²) in [5.74, 6) is 1.27. The van der Waals surface area contributed by atoms with Crippen molar-refractivity contribution in [2.75, 3.05) is 17.7 Å². The van der Waals surface area contributed by atoms with E-state index in [1.54, 1.807) is 6.07 Å². The average Bonchev–Trinajstić information content (AvgIpc) is 2.27. The molecular weight excluding hydrogens is 224 g/mol. The zero-order chi connectivity index (χ0) is 13.1.